The molecule has 0 spiro atoms. The van der Waals surface area contributed by atoms with Crippen LogP contribution in [0.5, 0.6) is 0 Å². The van der Waals surface area contributed by atoms with E-state index in [1.54, 1.807) is 29.8 Å². The topological polar surface area (TPSA) is 105 Å². The van der Waals surface area contributed by atoms with E-state index in [-0.39, 0.29) is 11.6 Å². The number of carbonyl (C=O) groups excluding carboxylic acids is 2. The molecule has 0 unspecified atom stereocenters. The van der Waals surface area contributed by atoms with E-state index in [4.69, 9.17) is 4.84 Å². The highest BCUT2D eigenvalue weighted by molar-refractivity contribution is 7.14. The number of hydrazone groups is 1. The molecule has 0 atom stereocenters. The minimum absolute atomic E-state index is 0.0449. The number of anilines is 1. The first-order chi connectivity index (χ1) is 11.6. The number of pyridine rings is 1. The van der Waals surface area contributed by atoms with Crippen LogP contribution in [0.1, 0.15) is 18.2 Å². The van der Waals surface area contributed by atoms with Crippen molar-refractivity contribution in [1.82, 2.24) is 10.4 Å². The largest absolute Gasteiger partial charge is 0.398 e. The SMILES string of the molecule is CO/N=C(/C(=O)N/N=C/c1ccccn1)c1csc(NC(C)=O)c1. The van der Waals surface area contributed by atoms with E-state index in [2.05, 4.69) is 26.0 Å². The number of rotatable bonds is 6. The highest BCUT2D eigenvalue weighted by atomic mass is 32.1. The zero-order valence-electron chi connectivity index (χ0n) is 13.0. The minimum atomic E-state index is -0.545. The maximum absolute atomic E-state index is 12.2. The zero-order chi connectivity index (χ0) is 17.4. The Bertz CT molecular complexity index is 770. The van der Waals surface area contributed by atoms with Crippen molar-refractivity contribution in [2.45, 2.75) is 6.92 Å². The van der Waals surface area contributed by atoms with Gasteiger partial charge in [0.25, 0.3) is 5.91 Å². The maximum atomic E-state index is 12.2. The summed E-state index contributed by atoms with van der Waals surface area (Å²) in [5.41, 5.74) is 3.52. The van der Waals surface area contributed by atoms with Crippen LogP contribution < -0.4 is 10.7 Å². The summed E-state index contributed by atoms with van der Waals surface area (Å²) in [6.45, 7) is 1.41. The van der Waals surface area contributed by atoms with Gasteiger partial charge in [-0.15, -0.1) is 11.3 Å². The van der Waals surface area contributed by atoms with Crippen molar-refractivity contribution in [2.75, 3.05) is 12.4 Å². The van der Waals surface area contributed by atoms with Crippen molar-refractivity contribution < 1.29 is 14.4 Å². The predicted octanol–water partition coefficient (Wildman–Crippen LogP) is 1.60. The van der Waals surface area contributed by atoms with E-state index < -0.39 is 5.91 Å². The number of hydrogen-bond donors (Lipinski definition) is 2. The predicted molar refractivity (Wildman–Crippen MR) is 92.1 cm³/mol. The lowest BCUT2D eigenvalue weighted by molar-refractivity contribution is -0.115. The molecule has 2 N–H and O–H groups in total. The molecule has 0 aliphatic rings. The molecule has 24 heavy (non-hydrogen) atoms. The molecule has 124 valence electrons. The second-order valence-electron chi connectivity index (χ2n) is 4.46. The number of hydrogen-bond acceptors (Lipinski definition) is 7. The number of oxime groups is 1. The fraction of sp³-hybridized carbons (Fsp3) is 0.133. The first-order valence-corrected chi connectivity index (χ1v) is 7.70. The van der Waals surface area contributed by atoms with E-state index in [9.17, 15) is 9.59 Å². The van der Waals surface area contributed by atoms with Gasteiger partial charge in [0.05, 0.1) is 16.9 Å². The van der Waals surface area contributed by atoms with Gasteiger partial charge in [0.15, 0.2) is 5.71 Å². The summed E-state index contributed by atoms with van der Waals surface area (Å²) in [4.78, 5) is 32.0. The van der Waals surface area contributed by atoms with Crippen LogP contribution in [-0.2, 0) is 14.4 Å². The molecule has 0 aliphatic carbocycles. The number of aromatic nitrogens is 1. The summed E-state index contributed by atoms with van der Waals surface area (Å²) in [7, 11) is 1.34. The standard InChI is InChI=1S/C15H15N5O3S/c1-10(21)18-13-7-11(9-24-13)14(20-23-2)15(22)19-17-8-12-5-3-4-6-16-12/h3-9H,1-2H3,(H,18,21)(H,19,22)/b17-8+,20-14+. The van der Waals surface area contributed by atoms with Gasteiger partial charge in [0.2, 0.25) is 5.91 Å². The molecule has 0 fully saturated rings. The minimum Gasteiger partial charge on any atom is -0.398 e. The number of carbonyl (C=O) groups is 2. The first kappa shape index (κ1) is 17.3. The van der Waals surface area contributed by atoms with Crippen molar-refractivity contribution in [1.29, 1.82) is 0 Å². The van der Waals surface area contributed by atoms with Crippen LogP contribution in [0.15, 0.2) is 46.1 Å². The Morgan fingerprint density at radius 3 is 2.88 bits per heavy atom. The van der Waals surface area contributed by atoms with Crippen LogP contribution in [0, 0.1) is 0 Å². The molecule has 8 nitrogen and oxygen atoms in total. The third-order valence-electron chi connectivity index (χ3n) is 2.62. The monoisotopic (exact) mass is 345 g/mol. The van der Waals surface area contributed by atoms with E-state index in [0.717, 1.165) is 0 Å². The second-order valence-corrected chi connectivity index (χ2v) is 5.37. The van der Waals surface area contributed by atoms with Gasteiger partial charge in [0, 0.05) is 24.1 Å². The fourth-order valence-corrected chi connectivity index (χ4v) is 2.51. The Hall–Kier alpha value is -3.07. The van der Waals surface area contributed by atoms with Crippen molar-refractivity contribution in [3.8, 4) is 0 Å². The average molecular weight is 345 g/mol. The molecule has 2 amide bonds. The Labute approximate surface area is 142 Å². The Balaban J connectivity index is 2.08. The lowest BCUT2D eigenvalue weighted by Gasteiger charge is -2.02. The number of thiophene rings is 1. The molecular weight excluding hydrogens is 330 g/mol. The summed E-state index contributed by atoms with van der Waals surface area (Å²) >= 11 is 1.27. The van der Waals surface area contributed by atoms with E-state index in [1.165, 1.54) is 31.6 Å². The highest BCUT2D eigenvalue weighted by Gasteiger charge is 2.17. The van der Waals surface area contributed by atoms with Crippen molar-refractivity contribution >= 4 is 40.1 Å². The average Bonchev–Trinajstić information content (AvgIpc) is 3.00. The Kier molecular flexibility index (Phi) is 6.15. The molecular formula is C15H15N5O3S. The maximum Gasteiger partial charge on any atom is 0.294 e. The van der Waals surface area contributed by atoms with Crippen molar-refractivity contribution in [2.24, 2.45) is 10.3 Å². The molecule has 0 saturated heterocycles. The molecule has 0 radical (unpaired) electrons. The van der Waals surface area contributed by atoms with E-state index >= 15 is 0 Å². The highest BCUT2D eigenvalue weighted by Crippen LogP contribution is 2.21. The third kappa shape index (κ3) is 4.99. The van der Waals surface area contributed by atoms with Gasteiger partial charge < -0.3 is 10.2 Å². The Morgan fingerprint density at radius 2 is 2.21 bits per heavy atom. The summed E-state index contributed by atoms with van der Waals surface area (Å²) in [5.74, 6) is -0.741. The molecule has 0 aliphatic heterocycles. The van der Waals surface area contributed by atoms with Gasteiger partial charge in [0.1, 0.15) is 7.11 Å². The van der Waals surface area contributed by atoms with Gasteiger partial charge in [-0.25, -0.2) is 5.43 Å². The summed E-state index contributed by atoms with van der Waals surface area (Å²) in [6.07, 6.45) is 3.04. The van der Waals surface area contributed by atoms with Gasteiger partial charge in [-0.05, 0) is 18.2 Å². The molecule has 2 heterocycles. The molecule has 2 rings (SSSR count). The molecule has 9 heteroatoms. The first-order valence-electron chi connectivity index (χ1n) is 6.82. The second kappa shape index (κ2) is 8.53. The lowest BCUT2D eigenvalue weighted by atomic mass is 10.2. The van der Waals surface area contributed by atoms with Crippen LogP contribution in [-0.4, -0.2) is 35.8 Å². The van der Waals surface area contributed by atoms with Crippen molar-refractivity contribution in [3.05, 3.63) is 47.1 Å². The van der Waals surface area contributed by atoms with Crippen LogP contribution in [0.2, 0.25) is 0 Å². The number of nitrogens with one attached hydrogen (secondary N) is 2. The molecule has 2 aromatic heterocycles. The van der Waals surface area contributed by atoms with E-state index in [1.807, 2.05) is 6.07 Å². The third-order valence-corrected chi connectivity index (χ3v) is 3.47. The van der Waals surface area contributed by atoms with Crippen molar-refractivity contribution in [3.63, 3.8) is 0 Å². The normalized spacial score (nSPS) is 11.3. The summed E-state index contributed by atoms with van der Waals surface area (Å²) < 4.78 is 0. The Morgan fingerprint density at radius 1 is 1.38 bits per heavy atom. The van der Waals surface area contributed by atoms with Crippen LogP contribution in [0.3, 0.4) is 0 Å². The number of nitrogens with zero attached hydrogens (tertiary/aromatic N) is 3. The van der Waals surface area contributed by atoms with E-state index in [0.29, 0.717) is 16.3 Å². The van der Waals surface area contributed by atoms with Gasteiger partial charge in [-0.1, -0.05) is 11.2 Å². The smallest absolute Gasteiger partial charge is 0.294 e. The van der Waals surface area contributed by atoms with Gasteiger partial charge in [-0.3, -0.25) is 14.6 Å². The molecule has 0 saturated carbocycles. The molecule has 2 aromatic rings. The van der Waals surface area contributed by atoms with Crippen LogP contribution in [0.4, 0.5) is 5.00 Å². The van der Waals surface area contributed by atoms with Gasteiger partial charge >= 0.3 is 0 Å². The number of amides is 2. The van der Waals surface area contributed by atoms with Gasteiger partial charge in [-0.2, -0.15) is 5.10 Å². The van der Waals surface area contributed by atoms with Crippen LogP contribution >= 0.6 is 11.3 Å². The molecule has 0 bridgehead atoms. The van der Waals surface area contributed by atoms with Crippen LogP contribution in [0.25, 0.3) is 0 Å². The summed E-state index contributed by atoms with van der Waals surface area (Å²) in [5, 5.41) is 12.5. The lowest BCUT2D eigenvalue weighted by Crippen LogP contribution is -2.28. The molecule has 0 aromatic carbocycles. The quantitative estimate of drug-likeness (QED) is 0.613. The summed E-state index contributed by atoms with van der Waals surface area (Å²) in [6, 6.07) is 6.97. The fourth-order valence-electron chi connectivity index (χ4n) is 1.68. The zero-order valence-corrected chi connectivity index (χ0v) is 13.8.